The number of anilines is 1. The lowest BCUT2D eigenvalue weighted by atomic mass is 9.85. The third-order valence-corrected chi connectivity index (χ3v) is 7.32. The predicted molar refractivity (Wildman–Crippen MR) is 138 cm³/mol. The highest BCUT2D eigenvalue weighted by Crippen LogP contribution is 2.34. The van der Waals surface area contributed by atoms with Crippen molar-refractivity contribution in [1.29, 1.82) is 0 Å². The maximum atomic E-state index is 12.0. The number of carbonyl (C=O) groups excluding carboxylic acids is 1. The number of aromatic amines is 1. The summed E-state index contributed by atoms with van der Waals surface area (Å²) in [6.45, 7) is 6.39. The van der Waals surface area contributed by atoms with Crippen LogP contribution in [-0.2, 0) is 4.79 Å². The van der Waals surface area contributed by atoms with Crippen molar-refractivity contribution >= 4 is 34.4 Å². The molecule has 2 aliphatic rings. The molecule has 0 spiro atoms. The van der Waals surface area contributed by atoms with Crippen LogP contribution in [0.5, 0.6) is 0 Å². The van der Waals surface area contributed by atoms with E-state index in [4.69, 9.17) is 17.3 Å². The maximum Gasteiger partial charge on any atom is 0.227 e. The van der Waals surface area contributed by atoms with Crippen molar-refractivity contribution in [3.05, 3.63) is 41.5 Å². The summed E-state index contributed by atoms with van der Waals surface area (Å²) in [6, 6.07) is 0.0267. The number of carbonyl (C=O) groups is 1. The molecule has 1 fully saturated rings. The average molecular weight is 511 g/mol. The fourth-order valence-electron chi connectivity index (χ4n) is 5.10. The molecule has 0 aromatic carbocycles. The number of pyridine rings is 1. The lowest BCUT2D eigenvalue weighted by molar-refractivity contribution is -0.121. The number of likely N-dealkylation sites (tertiary alicyclic amines) is 1. The highest BCUT2D eigenvalue weighted by Gasteiger charge is 2.31. The second kappa shape index (κ2) is 10.1. The smallest absolute Gasteiger partial charge is 0.227 e. The molecule has 10 nitrogen and oxygen atoms in total. The Hall–Kier alpha value is -3.17. The van der Waals surface area contributed by atoms with Gasteiger partial charge in [-0.3, -0.25) is 9.48 Å². The van der Waals surface area contributed by atoms with E-state index in [1.165, 1.54) is 0 Å². The van der Waals surface area contributed by atoms with Crippen molar-refractivity contribution in [2.75, 3.05) is 25.0 Å². The van der Waals surface area contributed by atoms with Crippen LogP contribution in [0.2, 0.25) is 5.02 Å². The Labute approximate surface area is 214 Å². The Morgan fingerprint density at radius 2 is 2.14 bits per heavy atom. The minimum absolute atomic E-state index is 0.0133. The molecular formula is C25H31ClN8O2. The fourth-order valence-corrected chi connectivity index (χ4v) is 5.30. The molecule has 1 unspecified atom stereocenters. The van der Waals surface area contributed by atoms with E-state index in [1.54, 1.807) is 18.5 Å². The van der Waals surface area contributed by atoms with Gasteiger partial charge in [-0.05, 0) is 31.9 Å². The minimum atomic E-state index is -0.517. The number of nitrogens with zero attached hydrogens (tertiary/aromatic N) is 5. The monoisotopic (exact) mass is 510 g/mol. The van der Waals surface area contributed by atoms with Crippen molar-refractivity contribution in [1.82, 2.24) is 29.6 Å². The van der Waals surface area contributed by atoms with Crippen LogP contribution in [0.1, 0.15) is 32.7 Å². The number of imidazole rings is 1. The van der Waals surface area contributed by atoms with E-state index in [0.717, 1.165) is 31.5 Å². The second-order valence-corrected chi connectivity index (χ2v) is 10.2. The van der Waals surface area contributed by atoms with Crippen LogP contribution >= 0.6 is 11.6 Å². The first-order valence-corrected chi connectivity index (χ1v) is 12.7. The van der Waals surface area contributed by atoms with Gasteiger partial charge in [0.25, 0.3) is 0 Å². The first-order chi connectivity index (χ1) is 17.3. The van der Waals surface area contributed by atoms with Crippen LogP contribution in [-0.4, -0.2) is 72.4 Å². The quantitative estimate of drug-likeness (QED) is 0.358. The molecular weight excluding hydrogens is 480 g/mol. The van der Waals surface area contributed by atoms with Crippen LogP contribution in [0.3, 0.4) is 0 Å². The van der Waals surface area contributed by atoms with Crippen molar-refractivity contribution in [3.8, 4) is 11.4 Å². The second-order valence-electron chi connectivity index (χ2n) is 9.81. The van der Waals surface area contributed by atoms with Gasteiger partial charge in [0.15, 0.2) is 5.65 Å². The minimum Gasteiger partial charge on any atom is -0.392 e. The fraction of sp³-hybridized carbons (Fsp3) is 0.480. The van der Waals surface area contributed by atoms with Gasteiger partial charge >= 0.3 is 0 Å². The number of β-amino-alcohol motifs (C(OH)–C–C–N with tert-alkyl or cyclic N) is 1. The van der Waals surface area contributed by atoms with E-state index in [1.807, 2.05) is 30.8 Å². The Bertz CT molecular complexity index is 1320. The third kappa shape index (κ3) is 4.90. The van der Waals surface area contributed by atoms with E-state index in [2.05, 4.69) is 36.0 Å². The molecule has 1 aliphatic heterocycles. The Kier molecular flexibility index (Phi) is 6.85. The zero-order valence-electron chi connectivity index (χ0n) is 20.4. The zero-order chi connectivity index (χ0) is 25.4. The molecule has 0 saturated carbocycles. The molecule has 36 heavy (non-hydrogen) atoms. The Balaban J connectivity index is 1.38. The molecule has 3 aromatic rings. The summed E-state index contributed by atoms with van der Waals surface area (Å²) in [5, 5.41) is 18.1. The van der Waals surface area contributed by atoms with Crippen LogP contribution in [0.4, 0.5) is 5.69 Å². The number of nitrogens with two attached hydrogens (primary N) is 1. The van der Waals surface area contributed by atoms with Gasteiger partial charge in [0, 0.05) is 37.8 Å². The summed E-state index contributed by atoms with van der Waals surface area (Å²) < 4.78 is 2.00. The van der Waals surface area contributed by atoms with Gasteiger partial charge in [0.05, 0.1) is 46.7 Å². The van der Waals surface area contributed by atoms with Crippen molar-refractivity contribution < 1.29 is 9.90 Å². The number of nitrogens with one attached hydrogen (secondary N) is 2. The molecule has 1 aliphatic carbocycles. The lowest BCUT2D eigenvalue weighted by Crippen LogP contribution is -2.42. The zero-order valence-corrected chi connectivity index (χ0v) is 21.1. The largest absolute Gasteiger partial charge is 0.392 e. The molecule has 11 heteroatoms. The normalized spacial score (nSPS) is 23.8. The van der Waals surface area contributed by atoms with Gasteiger partial charge in [0.2, 0.25) is 5.91 Å². The number of primary amides is 1. The first-order valence-electron chi connectivity index (χ1n) is 12.3. The topological polar surface area (TPSA) is 138 Å². The first kappa shape index (κ1) is 24.5. The molecule has 5 N–H and O–H groups in total. The van der Waals surface area contributed by atoms with Gasteiger partial charge < -0.3 is 26.0 Å². The molecule has 5 rings (SSSR count). The third-order valence-electron chi connectivity index (χ3n) is 7.03. The Morgan fingerprint density at radius 1 is 1.36 bits per heavy atom. The average Bonchev–Trinajstić information content (AvgIpc) is 3.49. The molecule has 0 radical (unpaired) electrons. The van der Waals surface area contributed by atoms with Gasteiger partial charge in [0.1, 0.15) is 11.3 Å². The number of amides is 1. The predicted octanol–water partition coefficient (Wildman–Crippen LogP) is 2.74. The van der Waals surface area contributed by atoms with Crippen LogP contribution in [0.25, 0.3) is 22.6 Å². The van der Waals surface area contributed by atoms with Gasteiger partial charge in [-0.15, -0.1) is 5.73 Å². The molecule has 1 amide bonds. The van der Waals surface area contributed by atoms with Crippen LogP contribution in [0.15, 0.2) is 36.5 Å². The van der Waals surface area contributed by atoms with Crippen molar-refractivity contribution in [3.63, 3.8) is 0 Å². The van der Waals surface area contributed by atoms with Gasteiger partial charge in [-0.25, -0.2) is 9.97 Å². The number of piperidine rings is 1. The SMILES string of the molecule is CC(O)CN1CCC(n2cc(-c3nc4ncc(Cl)c(N[C@@H]5[C@H](C)C=C=C[C@@H]5C(N)=O)c4[nH]3)cn2)CC1. The molecule has 0 bridgehead atoms. The van der Waals surface area contributed by atoms with E-state index < -0.39 is 11.8 Å². The summed E-state index contributed by atoms with van der Waals surface area (Å²) in [7, 11) is 0. The standard InChI is InChI=1S/C25H31ClN8O2/c1-14-4-3-5-18(23(27)36)20(14)30-21-19(26)11-28-25-22(21)31-24(32-25)16-10-29-34(13-16)17-6-8-33(9-7-17)12-15(2)35/h4-5,10-11,13-15,17-18,20,35H,6-9,12H2,1-2H3,(H2,27,36)(H2,28,30,31,32)/t14-,15?,18+,20-/m1/s1. The number of aromatic nitrogens is 5. The van der Waals surface area contributed by atoms with Crippen LogP contribution < -0.4 is 11.1 Å². The molecule has 4 heterocycles. The number of halogens is 1. The highest BCUT2D eigenvalue weighted by atomic mass is 35.5. The number of H-pyrrole nitrogens is 1. The number of hydrogen-bond acceptors (Lipinski definition) is 7. The van der Waals surface area contributed by atoms with Crippen molar-refractivity contribution in [2.45, 2.75) is 44.9 Å². The van der Waals surface area contributed by atoms with Gasteiger partial charge in [-0.1, -0.05) is 18.5 Å². The number of fused-ring (bicyclic) bond motifs is 1. The summed E-state index contributed by atoms with van der Waals surface area (Å²) in [6.07, 6.45) is 10.6. The molecule has 190 valence electrons. The number of aliphatic hydroxyl groups excluding tert-OH is 1. The van der Waals surface area contributed by atoms with Crippen LogP contribution in [0, 0.1) is 11.8 Å². The Morgan fingerprint density at radius 3 is 2.86 bits per heavy atom. The number of rotatable bonds is 7. The number of hydrogen-bond donors (Lipinski definition) is 4. The van der Waals surface area contributed by atoms with E-state index in [9.17, 15) is 9.90 Å². The van der Waals surface area contributed by atoms with Crippen molar-refractivity contribution in [2.24, 2.45) is 17.6 Å². The van der Waals surface area contributed by atoms with E-state index in [-0.39, 0.29) is 18.1 Å². The lowest BCUT2D eigenvalue weighted by Gasteiger charge is -2.32. The van der Waals surface area contributed by atoms with E-state index in [0.29, 0.717) is 40.3 Å². The summed E-state index contributed by atoms with van der Waals surface area (Å²) >= 11 is 6.54. The summed E-state index contributed by atoms with van der Waals surface area (Å²) in [5.41, 5.74) is 11.3. The summed E-state index contributed by atoms with van der Waals surface area (Å²) in [4.78, 5) is 26.8. The molecule has 3 aromatic heterocycles. The molecule has 4 atom stereocenters. The maximum absolute atomic E-state index is 12.0. The van der Waals surface area contributed by atoms with E-state index >= 15 is 0 Å². The number of aliphatic hydroxyl groups is 1. The van der Waals surface area contributed by atoms with Gasteiger partial charge in [-0.2, -0.15) is 5.10 Å². The summed E-state index contributed by atoms with van der Waals surface area (Å²) in [5.74, 6) is -0.282. The molecule has 1 saturated heterocycles. The highest BCUT2D eigenvalue weighted by molar-refractivity contribution is 6.34.